The van der Waals surface area contributed by atoms with Crippen molar-refractivity contribution in [3.8, 4) is 0 Å². The molecule has 2 aliphatic rings. The molecule has 0 N–H and O–H groups in total. The molecule has 0 saturated heterocycles. The second-order valence-corrected chi connectivity index (χ2v) is 4.59. The Balaban J connectivity index is 0. The van der Waals surface area contributed by atoms with E-state index in [1.54, 1.807) is 5.57 Å². The van der Waals surface area contributed by atoms with E-state index in [0.29, 0.717) is 0 Å². The van der Waals surface area contributed by atoms with Crippen molar-refractivity contribution >= 4 is 37.2 Å². The van der Waals surface area contributed by atoms with Crippen molar-refractivity contribution in [3.63, 3.8) is 0 Å². The summed E-state index contributed by atoms with van der Waals surface area (Å²) in [7, 11) is 0. The van der Waals surface area contributed by atoms with Crippen LogP contribution in [0.4, 0.5) is 0 Å². The molecule has 2 atom stereocenters. The van der Waals surface area contributed by atoms with E-state index in [4.69, 9.17) is 0 Å². The first kappa shape index (κ1) is 17.5. The summed E-state index contributed by atoms with van der Waals surface area (Å²) in [6.07, 6.45) is 12.5. The second-order valence-electron chi connectivity index (χ2n) is 3.50. The zero-order chi connectivity index (χ0) is 7.68. The molecule has 4 heteroatoms. The summed E-state index contributed by atoms with van der Waals surface area (Å²) in [5, 5.41) is 0. The number of fused-ring (bicyclic) bond motifs is 1. The number of allylic oxidation sites excluding steroid dienone is 4. The summed E-state index contributed by atoms with van der Waals surface area (Å²) in [5.41, 5.74) is 1.72. The van der Waals surface area contributed by atoms with E-state index in [2.05, 4.69) is 38.7 Å². The Morgan fingerprint density at radius 1 is 1.07 bits per heavy atom. The van der Waals surface area contributed by atoms with E-state index < -0.39 is 0 Å². The Bertz CT molecular complexity index is 213. The van der Waals surface area contributed by atoms with Crippen LogP contribution >= 0.6 is 37.2 Å². The quantitative estimate of drug-likeness (QED) is 0.584. The van der Waals surface area contributed by atoms with Crippen molar-refractivity contribution in [2.75, 3.05) is 0 Å². The molecule has 0 aromatic heterocycles. The number of hydrogen-bond acceptors (Lipinski definition) is 0. The molecule has 0 heterocycles. The molecule has 2 unspecified atom stereocenters. The Labute approximate surface area is 117 Å². The molecule has 81 valence electrons. The SMILES string of the molecule is Cl.Cl.Cl.[Ti][CH]1CCC2CCC=CC=C12. The molecule has 0 radical (unpaired) electrons. The maximum absolute atomic E-state index is 2.37. The van der Waals surface area contributed by atoms with Gasteiger partial charge in [-0.05, 0) is 0 Å². The minimum atomic E-state index is 0. The van der Waals surface area contributed by atoms with Crippen LogP contribution in [0.3, 0.4) is 0 Å². The molecule has 0 aliphatic heterocycles. The molecular formula is C10H16Cl3Ti. The molecule has 0 amide bonds. The Hall–Kier alpha value is 1.06. The van der Waals surface area contributed by atoms with Crippen LogP contribution in [0.15, 0.2) is 23.8 Å². The summed E-state index contributed by atoms with van der Waals surface area (Å²) < 4.78 is 0.864. The molecule has 0 aromatic carbocycles. The molecule has 0 spiro atoms. The van der Waals surface area contributed by atoms with Crippen LogP contribution < -0.4 is 0 Å². The average Bonchev–Trinajstić information content (AvgIpc) is 2.25. The predicted molar refractivity (Wildman–Crippen MR) is 64.7 cm³/mol. The molecular weight excluding hydrogens is 274 g/mol. The van der Waals surface area contributed by atoms with Crippen molar-refractivity contribution in [2.24, 2.45) is 5.92 Å². The fourth-order valence-corrected chi connectivity index (χ4v) is 2.90. The number of halogens is 3. The summed E-state index contributed by atoms with van der Waals surface area (Å²) in [6, 6.07) is 0. The third kappa shape index (κ3) is 3.91. The van der Waals surface area contributed by atoms with Gasteiger partial charge in [-0.2, -0.15) is 0 Å². The summed E-state index contributed by atoms with van der Waals surface area (Å²) in [4.78, 5) is 0. The van der Waals surface area contributed by atoms with Crippen molar-refractivity contribution in [1.29, 1.82) is 0 Å². The van der Waals surface area contributed by atoms with E-state index in [9.17, 15) is 0 Å². The van der Waals surface area contributed by atoms with Crippen LogP contribution in [0.25, 0.3) is 0 Å². The van der Waals surface area contributed by atoms with Crippen LogP contribution in [0.5, 0.6) is 0 Å². The summed E-state index contributed by atoms with van der Waals surface area (Å²) in [6.45, 7) is 0. The third-order valence-electron chi connectivity index (χ3n) is 2.78. The molecule has 0 bridgehead atoms. The zero-order valence-electron chi connectivity index (χ0n) is 7.94. The first-order valence-corrected chi connectivity index (χ1v) is 5.36. The first-order valence-electron chi connectivity index (χ1n) is 4.45. The van der Waals surface area contributed by atoms with Gasteiger partial charge in [0, 0.05) is 0 Å². The molecule has 2 rings (SSSR count). The molecule has 2 aliphatic carbocycles. The van der Waals surface area contributed by atoms with E-state index in [1.807, 2.05) is 0 Å². The molecule has 0 aromatic rings. The fourth-order valence-electron chi connectivity index (χ4n) is 2.12. The van der Waals surface area contributed by atoms with Gasteiger partial charge in [0.15, 0.2) is 0 Å². The standard InChI is InChI=1S/C10H13.3ClH.Ti/c1-2-5-9-7-4-8-10(9)6-3-1;;;;/h1-2,5,7,10H,3-4,6,8H2;3*1H;. The second kappa shape index (κ2) is 8.24. The van der Waals surface area contributed by atoms with Crippen LogP contribution in [0.1, 0.15) is 25.7 Å². The monoisotopic (exact) mass is 289 g/mol. The van der Waals surface area contributed by atoms with Gasteiger partial charge in [-0.1, -0.05) is 0 Å². The van der Waals surface area contributed by atoms with Gasteiger partial charge in [-0.15, -0.1) is 37.2 Å². The molecule has 14 heavy (non-hydrogen) atoms. The minimum absolute atomic E-state index is 0. The van der Waals surface area contributed by atoms with Crippen molar-refractivity contribution in [1.82, 2.24) is 0 Å². The van der Waals surface area contributed by atoms with Gasteiger partial charge in [0.1, 0.15) is 0 Å². The molecule has 0 nitrogen and oxygen atoms in total. The Morgan fingerprint density at radius 2 is 1.79 bits per heavy atom. The van der Waals surface area contributed by atoms with Gasteiger partial charge in [0.25, 0.3) is 0 Å². The van der Waals surface area contributed by atoms with Crippen molar-refractivity contribution in [3.05, 3.63) is 23.8 Å². The zero-order valence-corrected chi connectivity index (χ0v) is 12.0. The topological polar surface area (TPSA) is 0 Å². The van der Waals surface area contributed by atoms with Gasteiger partial charge < -0.3 is 0 Å². The normalized spacial score (nSPS) is 28.4. The summed E-state index contributed by atoms with van der Waals surface area (Å²) in [5.74, 6) is 0.931. The van der Waals surface area contributed by atoms with Gasteiger partial charge in [0.2, 0.25) is 0 Å². The van der Waals surface area contributed by atoms with Crippen molar-refractivity contribution in [2.45, 2.75) is 29.9 Å². The summed E-state index contributed by atoms with van der Waals surface area (Å²) >= 11 is 2.37. The average molecular weight is 290 g/mol. The number of rotatable bonds is 0. The fraction of sp³-hybridized carbons (Fsp3) is 0.600. The van der Waals surface area contributed by atoms with E-state index in [1.165, 1.54) is 25.7 Å². The number of hydrogen-bond donors (Lipinski definition) is 0. The van der Waals surface area contributed by atoms with Gasteiger partial charge in [-0.3, -0.25) is 0 Å². The van der Waals surface area contributed by atoms with Crippen molar-refractivity contribution < 1.29 is 20.4 Å². The van der Waals surface area contributed by atoms with E-state index in [-0.39, 0.29) is 37.2 Å². The van der Waals surface area contributed by atoms with Crippen LogP contribution in [0, 0.1) is 5.92 Å². The first-order chi connectivity index (χ1) is 5.38. The van der Waals surface area contributed by atoms with E-state index >= 15 is 0 Å². The maximum atomic E-state index is 2.37. The predicted octanol–water partition coefficient (Wildman–Crippen LogP) is 4.27. The third-order valence-corrected chi connectivity index (χ3v) is 3.76. The van der Waals surface area contributed by atoms with Gasteiger partial charge in [0.05, 0.1) is 0 Å². The molecule has 1 saturated carbocycles. The van der Waals surface area contributed by atoms with Gasteiger partial charge in [-0.25, -0.2) is 0 Å². The van der Waals surface area contributed by atoms with Crippen LogP contribution in [0.2, 0.25) is 4.22 Å². The van der Waals surface area contributed by atoms with E-state index in [0.717, 1.165) is 10.1 Å². The molecule has 1 fully saturated rings. The van der Waals surface area contributed by atoms with Crippen LogP contribution in [-0.2, 0) is 20.4 Å². The Morgan fingerprint density at radius 3 is 2.50 bits per heavy atom. The van der Waals surface area contributed by atoms with Gasteiger partial charge >= 0.3 is 80.1 Å². The Kier molecular flexibility index (Phi) is 10.3. The van der Waals surface area contributed by atoms with Crippen LogP contribution in [-0.4, -0.2) is 0 Å².